The van der Waals surface area contributed by atoms with Gasteiger partial charge in [0.25, 0.3) is 0 Å². The highest BCUT2D eigenvalue weighted by molar-refractivity contribution is 6.21. The van der Waals surface area contributed by atoms with Gasteiger partial charge in [0.15, 0.2) is 0 Å². The van der Waals surface area contributed by atoms with E-state index in [1.165, 1.54) is 12.8 Å². The summed E-state index contributed by atoms with van der Waals surface area (Å²) in [5, 5.41) is 0.0940. The number of ether oxygens (including phenoxy) is 1. The van der Waals surface area contributed by atoms with E-state index in [2.05, 4.69) is 27.7 Å². The maximum Gasteiger partial charge on any atom is 0.120 e. The monoisotopic (exact) mass is 288 g/mol. The molecule has 1 heterocycles. The molecule has 0 N–H and O–H groups in total. The van der Waals surface area contributed by atoms with Gasteiger partial charge in [0, 0.05) is 6.42 Å². The molecule has 0 amide bonds. The molecule has 1 saturated heterocycles. The predicted molar refractivity (Wildman–Crippen MR) is 80.7 cm³/mol. The summed E-state index contributed by atoms with van der Waals surface area (Å²) in [4.78, 5) is 10.7. The molecule has 0 aliphatic carbocycles. The zero-order valence-corrected chi connectivity index (χ0v) is 13.6. The minimum atomic E-state index is -0.0185. The van der Waals surface area contributed by atoms with Crippen molar-refractivity contribution in [2.75, 3.05) is 0 Å². The van der Waals surface area contributed by atoms with E-state index in [1.807, 2.05) is 0 Å². The summed E-state index contributed by atoms with van der Waals surface area (Å²) in [6, 6.07) is 0. The second-order valence-electron chi connectivity index (χ2n) is 6.62. The Kier molecular flexibility index (Phi) is 6.82. The van der Waals surface area contributed by atoms with Crippen molar-refractivity contribution >= 4 is 17.9 Å². The Morgan fingerprint density at radius 2 is 1.95 bits per heavy atom. The van der Waals surface area contributed by atoms with Crippen LogP contribution in [0.15, 0.2) is 0 Å². The first-order chi connectivity index (χ1) is 8.93. The van der Waals surface area contributed by atoms with Crippen molar-refractivity contribution in [2.24, 2.45) is 11.3 Å². The van der Waals surface area contributed by atoms with E-state index in [0.29, 0.717) is 18.4 Å². The third-order valence-electron chi connectivity index (χ3n) is 4.44. The topological polar surface area (TPSA) is 26.3 Å². The van der Waals surface area contributed by atoms with Crippen molar-refractivity contribution in [3.63, 3.8) is 0 Å². The lowest BCUT2D eigenvalue weighted by Crippen LogP contribution is -2.41. The summed E-state index contributed by atoms with van der Waals surface area (Å²) in [5.74, 6) is 0.640. The minimum absolute atomic E-state index is 0.0185. The molecule has 112 valence electrons. The van der Waals surface area contributed by atoms with Gasteiger partial charge < -0.3 is 9.53 Å². The van der Waals surface area contributed by atoms with Crippen LogP contribution in [-0.2, 0) is 9.53 Å². The first-order valence-electron chi connectivity index (χ1n) is 7.66. The largest absolute Gasteiger partial charge is 0.373 e. The summed E-state index contributed by atoms with van der Waals surface area (Å²) in [5.41, 5.74) is -0.0185. The lowest BCUT2D eigenvalue weighted by molar-refractivity contribution is -0.112. The third-order valence-corrected chi connectivity index (χ3v) is 4.94. The molecule has 1 rings (SSSR count). The normalized spacial score (nSPS) is 28.6. The molecule has 1 fully saturated rings. The van der Waals surface area contributed by atoms with Crippen molar-refractivity contribution in [3.8, 4) is 0 Å². The Bertz CT molecular complexity index is 274. The van der Waals surface area contributed by atoms with Crippen molar-refractivity contribution in [3.05, 3.63) is 0 Å². The fraction of sp³-hybridized carbons (Fsp3) is 0.938. The number of carbonyl (C=O) groups is 1. The van der Waals surface area contributed by atoms with Crippen molar-refractivity contribution < 1.29 is 9.53 Å². The lowest BCUT2D eigenvalue weighted by atomic mass is 9.81. The van der Waals surface area contributed by atoms with Gasteiger partial charge in [0.2, 0.25) is 0 Å². The molecule has 1 aliphatic rings. The van der Waals surface area contributed by atoms with Crippen LogP contribution in [0.3, 0.4) is 0 Å². The van der Waals surface area contributed by atoms with Gasteiger partial charge in [-0.1, -0.05) is 40.5 Å². The smallest absolute Gasteiger partial charge is 0.120 e. The molecule has 1 aliphatic heterocycles. The molecule has 0 aromatic heterocycles. The van der Waals surface area contributed by atoms with Gasteiger partial charge in [-0.15, -0.1) is 11.6 Å². The molecule has 0 aromatic carbocycles. The fourth-order valence-electron chi connectivity index (χ4n) is 3.08. The van der Waals surface area contributed by atoms with Gasteiger partial charge >= 0.3 is 0 Å². The molecule has 0 radical (unpaired) electrons. The van der Waals surface area contributed by atoms with Crippen LogP contribution >= 0.6 is 11.6 Å². The van der Waals surface area contributed by atoms with Crippen molar-refractivity contribution in [1.29, 1.82) is 0 Å². The number of rotatable bonds is 7. The van der Waals surface area contributed by atoms with E-state index in [1.54, 1.807) is 0 Å². The Morgan fingerprint density at radius 1 is 1.32 bits per heavy atom. The van der Waals surface area contributed by atoms with E-state index in [9.17, 15) is 4.79 Å². The summed E-state index contributed by atoms with van der Waals surface area (Å²) >= 11 is 6.43. The molecule has 0 spiro atoms. The minimum Gasteiger partial charge on any atom is -0.373 e. The molecule has 0 bridgehead atoms. The molecule has 0 aromatic rings. The molecule has 19 heavy (non-hydrogen) atoms. The molecule has 0 saturated carbocycles. The SMILES string of the molecule is CCC(CC)[C@H]1CC[C@@H](Cl)[C@@H](CC(C)(C)CC=O)O1. The number of alkyl halides is 1. The highest BCUT2D eigenvalue weighted by Crippen LogP contribution is 2.37. The van der Waals surface area contributed by atoms with Crippen LogP contribution in [0.25, 0.3) is 0 Å². The Labute approximate surface area is 123 Å². The molecule has 2 nitrogen and oxygen atoms in total. The summed E-state index contributed by atoms with van der Waals surface area (Å²) < 4.78 is 6.28. The first kappa shape index (κ1) is 17.0. The lowest BCUT2D eigenvalue weighted by Gasteiger charge is -2.40. The number of hydrogen-bond donors (Lipinski definition) is 0. The van der Waals surface area contributed by atoms with Crippen LogP contribution < -0.4 is 0 Å². The zero-order chi connectivity index (χ0) is 14.5. The zero-order valence-electron chi connectivity index (χ0n) is 12.8. The Balaban J connectivity index is 2.63. The average Bonchev–Trinajstić information content (AvgIpc) is 2.34. The second-order valence-corrected chi connectivity index (χ2v) is 7.18. The molecular weight excluding hydrogens is 260 g/mol. The van der Waals surface area contributed by atoms with E-state index in [4.69, 9.17) is 16.3 Å². The maximum atomic E-state index is 10.7. The quantitative estimate of drug-likeness (QED) is 0.506. The van der Waals surface area contributed by atoms with Gasteiger partial charge in [-0.05, 0) is 30.6 Å². The fourth-order valence-corrected chi connectivity index (χ4v) is 3.35. The summed E-state index contributed by atoms with van der Waals surface area (Å²) in [6.07, 6.45) is 7.33. The summed E-state index contributed by atoms with van der Waals surface area (Å²) in [6.45, 7) is 8.70. The van der Waals surface area contributed by atoms with E-state index < -0.39 is 0 Å². The predicted octanol–water partition coefficient (Wildman–Crippen LogP) is 4.58. The third kappa shape index (κ3) is 5.07. The van der Waals surface area contributed by atoms with E-state index in [-0.39, 0.29) is 16.9 Å². The molecule has 3 atom stereocenters. The number of hydrogen-bond acceptors (Lipinski definition) is 2. The number of aldehydes is 1. The van der Waals surface area contributed by atoms with Crippen LogP contribution in [0.1, 0.15) is 66.2 Å². The Morgan fingerprint density at radius 3 is 2.47 bits per heavy atom. The average molecular weight is 289 g/mol. The van der Waals surface area contributed by atoms with Crippen LogP contribution in [0.4, 0.5) is 0 Å². The van der Waals surface area contributed by atoms with Gasteiger partial charge in [-0.25, -0.2) is 0 Å². The second kappa shape index (κ2) is 7.64. The molecule has 0 unspecified atom stereocenters. The maximum absolute atomic E-state index is 10.7. The van der Waals surface area contributed by atoms with Crippen LogP contribution in [0.2, 0.25) is 0 Å². The van der Waals surface area contributed by atoms with Crippen LogP contribution in [0.5, 0.6) is 0 Å². The summed E-state index contributed by atoms with van der Waals surface area (Å²) in [7, 11) is 0. The molecule has 3 heteroatoms. The van der Waals surface area contributed by atoms with Crippen LogP contribution in [0, 0.1) is 11.3 Å². The highest BCUT2D eigenvalue weighted by atomic mass is 35.5. The van der Waals surface area contributed by atoms with Gasteiger partial charge in [0.05, 0.1) is 17.6 Å². The van der Waals surface area contributed by atoms with E-state index >= 15 is 0 Å². The standard InChI is InChI=1S/C16H29ClO2/c1-5-12(6-2)14-8-7-13(17)15(19-14)11-16(3,4)9-10-18/h10,12-15H,5-9,11H2,1-4H3/t13-,14-,15-/m1/s1. The van der Waals surface area contributed by atoms with Gasteiger partial charge in [-0.2, -0.15) is 0 Å². The van der Waals surface area contributed by atoms with E-state index in [0.717, 1.165) is 25.5 Å². The van der Waals surface area contributed by atoms with Crippen molar-refractivity contribution in [2.45, 2.75) is 83.8 Å². The number of carbonyl (C=O) groups excluding carboxylic acids is 1. The first-order valence-corrected chi connectivity index (χ1v) is 8.10. The Hall–Kier alpha value is -0.0800. The number of halogens is 1. The molecular formula is C16H29ClO2. The van der Waals surface area contributed by atoms with Crippen LogP contribution in [-0.4, -0.2) is 23.9 Å². The highest BCUT2D eigenvalue weighted by Gasteiger charge is 2.36. The van der Waals surface area contributed by atoms with Gasteiger partial charge in [0.1, 0.15) is 6.29 Å². The van der Waals surface area contributed by atoms with Gasteiger partial charge in [-0.3, -0.25) is 0 Å². The van der Waals surface area contributed by atoms with Crippen molar-refractivity contribution in [1.82, 2.24) is 0 Å².